The predicted octanol–water partition coefficient (Wildman–Crippen LogP) is 3.00. The van der Waals surface area contributed by atoms with Gasteiger partial charge in [-0.3, -0.25) is 0 Å². The summed E-state index contributed by atoms with van der Waals surface area (Å²) in [5.74, 6) is 0.484. The second kappa shape index (κ2) is 5.54. The van der Waals surface area contributed by atoms with Crippen LogP contribution in [0.2, 0.25) is 0 Å². The maximum Gasteiger partial charge on any atom is 0.349 e. The second-order valence-electron chi connectivity index (χ2n) is 4.56. The van der Waals surface area contributed by atoms with E-state index in [0.29, 0.717) is 12.4 Å². The molecule has 104 valence electrons. The van der Waals surface area contributed by atoms with E-state index in [4.69, 9.17) is 14.6 Å². The molecule has 1 aromatic heterocycles. The van der Waals surface area contributed by atoms with E-state index in [-0.39, 0.29) is 4.88 Å². The number of fused-ring (bicyclic) bond motifs is 1. The highest BCUT2D eigenvalue weighted by Crippen LogP contribution is 2.27. The van der Waals surface area contributed by atoms with Crippen molar-refractivity contribution in [3.05, 3.63) is 45.6 Å². The Hall–Kier alpha value is -2.01. The van der Waals surface area contributed by atoms with Crippen molar-refractivity contribution in [2.24, 2.45) is 0 Å². The second-order valence-corrected chi connectivity index (χ2v) is 5.47. The standard InChI is InChI=1S/C15H14O4S/c16-15(17)14-13(5-8-20-14)19-6-3-10-1-2-12-11(9-10)4-7-18-12/h1-2,5,8-9H,3-4,6-7H2,(H,16,17). The fourth-order valence-electron chi connectivity index (χ4n) is 2.24. The normalized spacial score (nSPS) is 12.8. The van der Waals surface area contributed by atoms with Gasteiger partial charge in [0.25, 0.3) is 0 Å². The van der Waals surface area contributed by atoms with E-state index in [1.807, 2.05) is 12.1 Å². The van der Waals surface area contributed by atoms with Gasteiger partial charge in [0, 0.05) is 12.8 Å². The highest BCUT2D eigenvalue weighted by Gasteiger charge is 2.14. The maximum atomic E-state index is 11.0. The summed E-state index contributed by atoms with van der Waals surface area (Å²) >= 11 is 1.18. The minimum atomic E-state index is -0.940. The number of carboxylic acids is 1. The van der Waals surface area contributed by atoms with E-state index in [0.717, 1.165) is 25.2 Å². The van der Waals surface area contributed by atoms with Crippen LogP contribution in [0, 0.1) is 0 Å². The molecule has 2 aromatic rings. The molecule has 0 saturated carbocycles. The van der Waals surface area contributed by atoms with Gasteiger partial charge >= 0.3 is 5.97 Å². The van der Waals surface area contributed by atoms with E-state index in [1.165, 1.54) is 22.5 Å². The molecular formula is C15H14O4S. The largest absolute Gasteiger partial charge is 0.493 e. The summed E-state index contributed by atoms with van der Waals surface area (Å²) < 4.78 is 11.0. The van der Waals surface area contributed by atoms with Gasteiger partial charge in [-0.2, -0.15) is 0 Å². The molecule has 0 fully saturated rings. The summed E-state index contributed by atoms with van der Waals surface area (Å²) in [6.07, 6.45) is 1.71. The summed E-state index contributed by atoms with van der Waals surface area (Å²) in [4.78, 5) is 11.2. The topological polar surface area (TPSA) is 55.8 Å². The smallest absolute Gasteiger partial charge is 0.349 e. The quantitative estimate of drug-likeness (QED) is 0.919. The van der Waals surface area contributed by atoms with Crippen molar-refractivity contribution < 1.29 is 19.4 Å². The van der Waals surface area contributed by atoms with Crippen molar-refractivity contribution in [1.29, 1.82) is 0 Å². The molecular weight excluding hydrogens is 276 g/mol. The van der Waals surface area contributed by atoms with Crippen LogP contribution in [-0.2, 0) is 12.8 Å². The molecule has 1 aromatic carbocycles. The van der Waals surface area contributed by atoms with Crippen molar-refractivity contribution in [2.75, 3.05) is 13.2 Å². The molecule has 1 aliphatic heterocycles. The van der Waals surface area contributed by atoms with Gasteiger partial charge in [0.2, 0.25) is 0 Å². The average molecular weight is 290 g/mol. The Morgan fingerprint density at radius 3 is 3.15 bits per heavy atom. The molecule has 0 atom stereocenters. The Balaban J connectivity index is 1.60. The van der Waals surface area contributed by atoms with Gasteiger partial charge in [-0.25, -0.2) is 4.79 Å². The third-order valence-electron chi connectivity index (χ3n) is 3.23. The Morgan fingerprint density at radius 1 is 1.40 bits per heavy atom. The van der Waals surface area contributed by atoms with Crippen LogP contribution < -0.4 is 9.47 Å². The third-order valence-corrected chi connectivity index (χ3v) is 4.11. The van der Waals surface area contributed by atoms with E-state index >= 15 is 0 Å². The zero-order valence-corrected chi connectivity index (χ0v) is 11.6. The molecule has 1 aliphatic rings. The number of thiophene rings is 1. The lowest BCUT2D eigenvalue weighted by molar-refractivity contribution is 0.0698. The molecule has 4 nitrogen and oxygen atoms in total. The molecule has 0 unspecified atom stereocenters. The molecule has 2 heterocycles. The average Bonchev–Trinajstić information content (AvgIpc) is 3.06. The summed E-state index contributed by atoms with van der Waals surface area (Å²) in [6.45, 7) is 1.23. The number of rotatable bonds is 5. The van der Waals surface area contributed by atoms with Crippen LogP contribution in [0.5, 0.6) is 11.5 Å². The van der Waals surface area contributed by atoms with Crippen LogP contribution >= 0.6 is 11.3 Å². The number of carboxylic acid groups (broad SMARTS) is 1. The van der Waals surface area contributed by atoms with Crippen molar-refractivity contribution >= 4 is 17.3 Å². The number of hydrogen-bond donors (Lipinski definition) is 1. The van der Waals surface area contributed by atoms with Gasteiger partial charge in [-0.1, -0.05) is 12.1 Å². The Labute approximate surface area is 120 Å². The third kappa shape index (κ3) is 2.63. The van der Waals surface area contributed by atoms with Crippen LogP contribution in [0.3, 0.4) is 0 Å². The summed E-state index contributed by atoms with van der Waals surface area (Å²) in [6, 6.07) is 7.85. The zero-order valence-electron chi connectivity index (χ0n) is 10.8. The van der Waals surface area contributed by atoms with Crippen molar-refractivity contribution in [2.45, 2.75) is 12.8 Å². The van der Waals surface area contributed by atoms with Crippen LogP contribution in [0.4, 0.5) is 0 Å². The summed E-state index contributed by atoms with van der Waals surface area (Å²) in [7, 11) is 0. The first-order chi connectivity index (χ1) is 9.74. The molecule has 0 spiro atoms. The molecule has 0 aliphatic carbocycles. The predicted molar refractivity (Wildman–Crippen MR) is 76.1 cm³/mol. The number of hydrogen-bond acceptors (Lipinski definition) is 4. The van der Waals surface area contributed by atoms with Gasteiger partial charge in [0.1, 0.15) is 11.5 Å². The fraction of sp³-hybridized carbons (Fsp3) is 0.267. The molecule has 5 heteroatoms. The summed E-state index contributed by atoms with van der Waals surface area (Å²) in [5.41, 5.74) is 2.42. The maximum absolute atomic E-state index is 11.0. The van der Waals surface area contributed by atoms with E-state index < -0.39 is 5.97 Å². The van der Waals surface area contributed by atoms with Crippen LogP contribution in [0.15, 0.2) is 29.6 Å². The number of carbonyl (C=O) groups is 1. The van der Waals surface area contributed by atoms with Crippen molar-refractivity contribution in [1.82, 2.24) is 0 Å². The monoisotopic (exact) mass is 290 g/mol. The van der Waals surface area contributed by atoms with Gasteiger partial charge in [-0.15, -0.1) is 11.3 Å². The van der Waals surface area contributed by atoms with Crippen LogP contribution in [0.1, 0.15) is 20.8 Å². The van der Waals surface area contributed by atoms with Crippen molar-refractivity contribution in [3.63, 3.8) is 0 Å². The lowest BCUT2D eigenvalue weighted by Crippen LogP contribution is -2.04. The van der Waals surface area contributed by atoms with Crippen LogP contribution in [0.25, 0.3) is 0 Å². The highest BCUT2D eigenvalue weighted by molar-refractivity contribution is 7.12. The lowest BCUT2D eigenvalue weighted by Gasteiger charge is -2.07. The molecule has 1 N–H and O–H groups in total. The van der Waals surface area contributed by atoms with Gasteiger partial charge < -0.3 is 14.6 Å². The molecule has 0 saturated heterocycles. The van der Waals surface area contributed by atoms with Crippen molar-refractivity contribution in [3.8, 4) is 11.5 Å². The van der Waals surface area contributed by atoms with Gasteiger partial charge in [-0.05, 0) is 28.6 Å². The Kier molecular flexibility index (Phi) is 3.60. The van der Waals surface area contributed by atoms with Gasteiger partial charge in [0.05, 0.1) is 13.2 Å². The van der Waals surface area contributed by atoms with E-state index in [9.17, 15) is 4.79 Å². The number of aromatic carboxylic acids is 1. The first kappa shape index (κ1) is 13.0. The molecule has 0 radical (unpaired) electrons. The number of benzene rings is 1. The minimum absolute atomic E-state index is 0.257. The summed E-state index contributed by atoms with van der Waals surface area (Å²) in [5, 5.41) is 10.7. The lowest BCUT2D eigenvalue weighted by atomic mass is 10.1. The highest BCUT2D eigenvalue weighted by atomic mass is 32.1. The Bertz CT molecular complexity index is 633. The van der Waals surface area contributed by atoms with Crippen LogP contribution in [-0.4, -0.2) is 24.3 Å². The van der Waals surface area contributed by atoms with Gasteiger partial charge in [0.15, 0.2) is 4.88 Å². The molecule has 20 heavy (non-hydrogen) atoms. The molecule has 0 bridgehead atoms. The molecule has 0 amide bonds. The first-order valence-corrected chi connectivity index (χ1v) is 7.30. The fourth-order valence-corrected chi connectivity index (χ4v) is 2.91. The number of ether oxygens (including phenoxy) is 2. The first-order valence-electron chi connectivity index (χ1n) is 6.42. The Morgan fingerprint density at radius 2 is 2.30 bits per heavy atom. The van der Waals surface area contributed by atoms with E-state index in [1.54, 1.807) is 11.4 Å². The SMILES string of the molecule is O=C(O)c1sccc1OCCc1ccc2c(c1)CCO2. The minimum Gasteiger partial charge on any atom is -0.493 e. The zero-order chi connectivity index (χ0) is 13.9. The van der Waals surface area contributed by atoms with E-state index in [2.05, 4.69) is 6.07 Å². The molecule has 3 rings (SSSR count).